The van der Waals surface area contributed by atoms with Crippen LogP contribution in [0.2, 0.25) is 0 Å². The van der Waals surface area contributed by atoms with Gasteiger partial charge in [-0.05, 0) is 25.8 Å². The minimum absolute atomic E-state index is 0.00487. The SMILES string of the molecule is COC1CN(C(=O)[C@H]2CN(c3cc(S(=O)(=O)NC4(C)CC4)cn4c(-c5nnc(C(F)F)s5)cnc34)CCO2)C1. The molecule has 2 aliphatic heterocycles. The Balaban J connectivity index is 1.39. The lowest BCUT2D eigenvalue weighted by atomic mass is 10.1. The van der Waals surface area contributed by atoms with Crippen molar-refractivity contribution in [3.05, 3.63) is 23.5 Å². The quantitative estimate of drug-likeness (QED) is 0.421. The minimum Gasteiger partial charge on any atom is -0.378 e. The van der Waals surface area contributed by atoms with Crippen molar-refractivity contribution in [1.82, 2.24) is 29.2 Å². The minimum atomic E-state index is -3.94. The Morgan fingerprint density at radius 1 is 1.28 bits per heavy atom. The molecule has 210 valence electrons. The van der Waals surface area contributed by atoms with E-state index in [1.165, 1.54) is 22.9 Å². The van der Waals surface area contributed by atoms with Crippen LogP contribution in [0.1, 0.15) is 31.2 Å². The van der Waals surface area contributed by atoms with Crippen molar-refractivity contribution in [2.45, 2.75) is 48.8 Å². The molecule has 16 heteroatoms. The number of hydrogen-bond acceptors (Lipinski definition) is 10. The maximum atomic E-state index is 13.4. The Bertz CT molecular complexity index is 1520. The highest BCUT2D eigenvalue weighted by Crippen LogP contribution is 2.38. The number of amides is 1. The molecule has 12 nitrogen and oxygen atoms in total. The van der Waals surface area contributed by atoms with Crippen molar-refractivity contribution >= 4 is 38.6 Å². The second-order valence-electron chi connectivity index (χ2n) is 10.2. The molecule has 5 heterocycles. The number of aromatic nitrogens is 4. The van der Waals surface area contributed by atoms with Gasteiger partial charge in [0.05, 0.1) is 31.1 Å². The van der Waals surface area contributed by atoms with Crippen LogP contribution in [0.15, 0.2) is 23.4 Å². The molecule has 1 aliphatic carbocycles. The number of carbonyl (C=O) groups excluding carboxylic acids is 1. The molecule has 6 rings (SSSR count). The number of fused-ring (bicyclic) bond motifs is 1. The lowest BCUT2D eigenvalue weighted by Gasteiger charge is -2.42. The second-order valence-corrected chi connectivity index (χ2v) is 12.9. The van der Waals surface area contributed by atoms with Gasteiger partial charge in [0.15, 0.2) is 21.8 Å². The Morgan fingerprint density at radius 2 is 2.05 bits per heavy atom. The first-order valence-electron chi connectivity index (χ1n) is 12.4. The molecular formula is C23H27F2N7O5S2. The molecule has 0 spiro atoms. The number of nitrogens with one attached hydrogen (secondary N) is 1. The van der Waals surface area contributed by atoms with E-state index in [-0.39, 0.29) is 35.1 Å². The molecular weight excluding hydrogens is 556 g/mol. The summed E-state index contributed by atoms with van der Waals surface area (Å²) < 4.78 is 68.5. The van der Waals surface area contributed by atoms with Crippen molar-refractivity contribution in [3.8, 4) is 10.7 Å². The molecule has 0 radical (unpaired) electrons. The fourth-order valence-electron chi connectivity index (χ4n) is 4.67. The lowest BCUT2D eigenvalue weighted by molar-refractivity contribution is -0.156. The number of hydrogen-bond donors (Lipinski definition) is 1. The number of anilines is 1. The smallest absolute Gasteiger partial charge is 0.291 e. The number of pyridine rings is 1. The molecule has 1 amide bonds. The predicted molar refractivity (Wildman–Crippen MR) is 136 cm³/mol. The third kappa shape index (κ3) is 4.99. The van der Waals surface area contributed by atoms with Crippen molar-refractivity contribution < 1.29 is 31.5 Å². The zero-order chi connectivity index (χ0) is 27.5. The number of likely N-dealkylation sites (tertiary alicyclic amines) is 1. The fraction of sp³-hybridized carbons (Fsp3) is 0.565. The van der Waals surface area contributed by atoms with Gasteiger partial charge in [0, 0.05) is 38.5 Å². The van der Waals surface area contributed by atoms with Crippen molar-refractivity contribution in [1.29, 1.82) is 0 Å². The standard InChI is InChI=1S/C23H27F2N7O5S2/c1-23(3-4-23)29-39(34,35)14-7-15(30-5-6-37-17(12-30)22(33)31-9-13(10-31)36-2)19-26-8-16(32(19)11-14)20-27-28-21(38-20)18(24)25/h7-8,11,13,17-18,29H,3-6,9-10,12H2,1-2H3/t17-/m1/s1. The van der Waals surface area contributed by atoms with Crippen LogP contribution in [0.3, 0.4) is 0 Å². The molecule has 0 aromatic carbocycles. The van der Waals surface area contributed by atoms with Crippen LogP contribution < -0.4 is 9.62 Å². The van der Waals surface area contributed by atoms with Crippen LogP contribution in [0.25, 0.3) is 16.3 Å². The average Bonchev–Trinajstić information content (AvgIpc) is 3.25. The number of halogens is 2. The Kier molecular flexibility index (Phi) is 6.57. The van der Waals surface area contributed by atoms with Crippen molar-refractivity contribution in [2.75, 3.05) is 44.8 Å². The number of rotatable bonds is 8. The summed E-state index contributed by atoms with van der Waals surface area (Å²) >= 11 is 0.715. The van der Waals surface area contributed by atoms with E-state index in [4.69, 9.17) is 9.47 Å². The van der Waals surface area contributed by atoms with E-state index in [1.54, 1.807) is 12.0 Å². The summed E-state index contributed by atoms with van der Waals surface area (Å²) in [6.07, 6.45) is 0.802. The zero-order valence-electron chi connectivity index (χ0n) is 21.2. The molecule has 3 aromatic rings. The van der Waals surface area contributed by atoms with Crippen LogP contribution in [0.5, 0.6) is 0 Å². The number of sulfonamides is 1. The van der Waals surface area contributed by atoms with E-state index in [2.05, 4.69) is 19.9 Å². The van der Waals surface area contributed by atoms with Gasteiger partial charge in [-0.2, -0.15) is 0 Å². The summed E-state index contributed by atoms with van der Waals surface area (Å²) in [5.41, 5.74) is 0.692. The Hall–Kier alpha value is -2.79. The van der Waals surface area contributed by atoms with E-state index < -0.39 is 33.1 Å². The summed E-state index contributed by atoms with van der Waals surface area (Å²) in [7, 11) is -2.34. The van der Waals surface area contributed by atoms with Crippen LogP contribution in [-0.4, -0.2) is 96.4 Å². The average molecular weight is 584 g/mol. The first-order valence-corrected chi connectivity index (χ1v) is 14.7. The van der Waals surface area contributed by atoms with E-state index in [1.807, 2.05) is 11.8 Å². The summed E-state index contributed by atoms with van der Waals surface area (Å²) in [6.45, 7) is 3.65. The van der Waals surface area contributed by atoms with E-state index >= 15 is 0 Å². The Labute approximate surface area is 227 Å². The topological polar surface area (TPSA) is 131 Å². The number of ether oxygens (including phenoxy) is 2. The molecule has 1 saturated carbocycles. The Morgan fingerprint density at radius 3 is 2.72 bits per heavy atom. The van der Waals surface area contributed by atoms with E-state index in [0.717, 1.165) is 12.8 Å². The largest absolute Gasteiger partial charge is 0.378 e. The van der Waals surface area contributed by atoms with Crippen LogP contribution in [0, 0.1) is 0 Å². The number of morpholine rings is 1. The fourth-order valence-corrected chi connectivity index (χ4v) is 6.86. The molecule has 3 aromatic heterocycles. The molecule has 0 bridgehead atoms. The van der Waals surface area contributed by atoms with Crippen LogP contribution in [0.4, 0.5) is 14.5 Å². The molecule has 1 N–H and O–H groups in total. The third-order valence-corrected chi connectivity index (χ3v) is 9.83. The highest BCUT2D eigenvalue weighted by molar-refractivity contribution is 7.89. The predicted octanol–water partition coefficient (Wildman–Crippen LogP) is 1.68. The van der Waals surface area contributed by atoms with Gasteiger partial charge >= 0.3 is 0 Å². The van der Waals surface area contributed by atoms with Crippen molar-refractivity contribution in [3.63, 3.8) is 0 Å². The molecule has 3 aliphatic rings. The monoisotopic (exact) mass is 583 g/mol. The van der Waals surface area contributed by atoms with Crippen LogP contribution >= 0.6 is 11.3 Å². The maximum Gasteiger partial charge on any atom is 0.291 e. The highest BCUT2D eigenvalue weighted by atomic mass is 32.2. The van der Waals surface area contributed by atoms with Gasteiger partial charge in [0.1, 0.15) is 10.6 Å². The number of imidazole rings is 1. The number of methoxy groups -OCH3 is 1. The van der Waals surface area contributed by atoms with Gasteiger partial charge in [0.2, 0.25) is 10.0 Å². The highest BCUT2D eigenvalue weighted by Gasteiger charge is 2.42. The van der Waals surface area contributed by atoms with Gasteiger partial charge in [-0.1, -0.05) is 11.3 Å². The summed E-state index contributed by atoms with van der Waals surface area (Å²) in [5.74, 6) is -0.159. The van der Waals surface area contributed by atoms with Gasteiger partial charge in [0.25, 0.3) is 12.3 Å². The first-order chi connectivity index (χ1) is 18.6. The molecule has 0 unspecified atom stereocenters. The molecule has 2 saturated heterocycles. The third-order valence-electron chi connectivity index (χ3n) is 7.27. The van der Waals surface area contributed by atoms with Gasteiger partial charge < -0.3 is 19.3 Å². The number of nitrogens with zero attached hydrogens (tertiary/aromatic N) is 6. The molecule has 39 heavy (non-hydrogen) atoms. The summed E-state index contributed by atoms with van der Waals surface area (Å²) in [6, 6.07) is 1.53. The molecule has 1 atom stereocenters. The second kappa shape index (κ2) is 9.69. The van der Waals surface area contributed by atoms with E-state index in [0.29, 0.717) is 48.0 Å². The molecule has 3 fully saturated rings. The van der Waals surface area contributed by atoms with E-state index in [9.17, 15) is 22.0 Å². The maximum absolute atomic E-state index is 13.4. The lowest BCUT2D eigenvalue weighted by Crippen LogP contribution is -2.60. The summed E-state index contributed by atoms with van der Waals surface area (Å²) in [5, 5.41) is 7.18. The normalized spacial score (nSPS) is 21.5. The van der Waals surface area contributed by atoms with Gasteiger partial charge in [-0.3, -0.25) is 9.20 Å². The van der Waals surface area contributed by atoms with Gasteiger partial charge in [-0.25, -0.2) is 26.9 Å². The number of carbonyl (C=O) groups is 1. The summed E-state index contributed by atoms with van der Waals surface area (Å²) in [4.78, 5) is 21.0. The van der Waals surface area contributed by atoms with Gasteiger partial charge in [-0.15, -0.1) is 10.2 Å². The number of alkyl halides is 2. The van der Waals surface area contributed by atoms with Crippen molar-refractivity contribution in [2.24, 2.45) is 0 Å². The van der Waals surface area contributed by atoms with Crippen LogP contribution in [-0.2, 0) is 24.3 Å². The zero-order valence-corrected chi connectivity index (χ0v) is 22.8. The first kappa shape index (κ1) is 26.4.